The number of guanidine groups is 1. The number of hydrogen-bond acceptors (Lipinski definition) is 2. The van der Waals surface area contributed by atoms with E-state index in [-0.39, 0.29) is 24.0 Å². The van der Waals surface area contributed by atoms with E-state index in [0.717, 1.165) is 51.1 Å². The quantitative estimate of drug-likeness (QED) is 0.266. The summed E-state index contributed by atoms with van der Waals surface area (Å²) in [6.07, 6.45) is 6.18. The molecule has 0 atom stereocenters. The second-order valence-electron chi connectivity index (χ2n) is 5.38. The molecule has 1 aliphatic rings. The van der Waals surface area contributed by atoms with Crippen LogP contribution >= 0.6 is 24.0 Å². The highest BCUT2D eigenvalue weighted by atomic mass is 127. The van der Waals surface area contributed by atoms with E-state index in [2.05, 4.69) is 36.1 Å². The van der Waals surface area contributed by atoms with Crippen LogP contribution in [0.2, 0.25) is 0 Å². The zero-order chi connectivity index (χ0) is 13.9. The number of halogens is 1. The van der Waals surface area contributed by atoms with Gasteiger partial charge in [-0.25, -0.2) is 0 Å². The van der Waals surface area contributed by atoms with Crippen LogP contribution < -0.4 is 5.32 Å². The fourth-order valence-corrected chi connectivity index (χ4v) is 1.86. The molecule has 0 aliphatic heterocycles. The highest BCUT2D eigenvalue weighted by Crippen LogP contribution is 2.28. The van der Waals surface area contributed by atoms with Gasteiger partial charge in [-0.15, -0.1) is 24.0 Å². The molecule has 0 bridgehead atoms. The normalized spacial score (nSPS) is 14.8. The van der Waals surface area contributed by atoms with Crippen molar-refractivity contribution < 1.29 is 4.74 Å². The van der Waals surface area contributed by atoms with E-state index in [9.17, 15) is 0 Å². The van der Waals surface area contributed by atoms with Crippen molar-refractivity contribution in [1.29, 1.82) is 0 Å². The summed E-state index contributed by atoms with van der Waals surface area (Å²) in [6, 6.07) is 0. The predicted molar refractivity (Wildman–Crippen MR) is 97.1 cm³/mol. The summed E-state index contributed by atoms with van der Waals surface area (Å²) in [7, 11) is 2.11. The maximum absolute atomic E-state index is 5.62. The molecule has 1 fully saturated rings. The van der Waals surface area contributed by atoms with Crippen LogP contribution in [-0.4, -0.2) is 50.8 Å². The first kappa shape index (κ1) is 20.0. The topological polar surface area (TPSA) is 36.9 Å². The Morgan fingerprint density at radius 3 is 2.65 bits per heavy atom. The van der Waals surface area contributed by atoms with Crippen molar-refractivity contribution in [1.82, 2.24) is 10.2 Å². The lowest BCUT2D eigenvalue weighted by Gasteiger charge is -2.21. The van der Waals surface area contributed by atoms with Gasteiger partial charge in [0.25, 0.3) is 0 Å². The molecule has 1 saturated carbocycles. The maximum atomic E-state index is 5.62. The largest absolute Gasteiger partial charge is 0.381 e. The van der Waals surface area contributed by atoms with E-state index in [0.29, 0.717) is 0 Å². The third kappa shape index (κ3) is 9.80. The Bertz CT molecular complexity index is 258. The fraction of sp³-hybridized carbons (Fsp3) is 0.933. The molecule has 0 amide bonds. The minimum Gasteiger partial charge on any atom is -0.381 e. The van der Waals surface area contributed by atoms with Gasteiger partial charge in [-0.2, -0.15) is 0 Å². The summed E-state index contributed by atoms with van der Waals surface area (Å²) >= 11 is 0. The summed E-state index contributed by atoms with van der Waals surface area (Å²) < 4.78 is 5.62. The summed E-state index contributed by atoms with van der Waals surface area (Å²) in [5, 5.41) is 3.35. The zero-order valence-corrected chi connectivity index (χ0v) is 15.7. The molecule has 0 saturated heterocycles. The van der Waals surface area contributed by atoms with Crippen LogP contribution in [0.1, 0.15) is 46.0 Å². The number of nitrogens with one attached hydrogen (secondary N) is 1. The van der Waals surface area contributed by atoms with Crippen LogP contribution in [0.5, 0.6) is 0 Å². The van der Waals surface area contributed by atoms with Gasteiger partial charge in [-0.3, -0.25) is 4.99 Å². The third-order valence-electron chi connectivity index (χ3n) is 3.30. The smallest absolute Gasteiger partial charge is 0.193 e. The SMILES string of the molecule is CCCCN(C)C(=NCCCOCC1CC1)NCC.I. The molecule has 0 spiro atoms. The van der Waals surface area contributed by atoms with Crippen molar-refractivity contribution in [2.75, 3.05) is 39.9 Å². The summed E-state index contributed by atoms with van der Waals surface area (Å²) in [5.74, 6) is 1.89. The molecule has 1 rings (SSSR count). The predicted octanol–water partition coefficient (Wildman–Crippen LogP) is 3.12. The molecule has 0 unspecified atom stereocenters. The van der Waals surface area contributed by atoms with Gasteiger partial charge in [0.05, 0.1) is 0 Å². The molecule has 0 aromatic rings. The van der Waals surface area contributed by atoms with E-state index in [4.69, 9.17) is 4.74 Å². The van der Waals surface area contributed by atoms with E-state index in [1.165, 1.54) is 25.7 Å². The van der Waals surface area contributed by atoms with E-state index in [1.54, 1.807) is 0 Å². The first-order valence-electron chi connectivity index (χ1n) is 7.85. The third-order valence-corrected chi connectivity index (χ3v) is 3.30. The molecule has 5 heteroatoms. The van der Waals surface area contributed by atoms with Crippen LogP contribution in [-0.2, 0) is 4.74 Å². The first-order valence-corrected chi connectivity index (χ1v) is 7.85. The number of nitrogens with zero attached hydrogens (tertiary/aromatic N) is 2. The number of aliphatic imine (C=N–C) groups is 1. The Morgan fingerprint density at radius 1 is 1.30 bits per heavy atom. The van der Waals surface area contributed by atoms with Crippen molar-refractivity contribution in [3.8, 4) is 0 Å². The molecule has 20 heavy (non-hydrogen) atoms. The monoisotopic (exact) mass is 397 g/mol. The summed E-state index contributed by atoms with van der Waals surface area (Å²) in [4.78, 5) is 6.87. The minimum atomic E-state index is 0. The average molecular weight is 397 g/mol. The Hall–Kier alpha value is -0.0400. The molecule has 0 heterocycles. The van der Waals surface area contributed by atoms with Crippen molar-refractivity contribution in [2.45, 2.75) is 46.0 Å². The van der Waals surface area contributed by atoms with E-state index in [1.807, 2.05) is 0 Å². The van der Waals surface area contributed by atoms with Gasteiger partial charge < -0.3 is 15.0 Å². The van der Waals surface area contributed by atoms with Crippen LogP contribution in [0.3, 0.4) is 0 Å². The lowest BCUT2D eigenvalue weighted by molar-refractivity contribution is 0.123. The lowest BCUT2D eigenvalue weighted by atomic mass is 10.3. The van der Waals surface area contributed by atoms with Crippen LogP contribution in [0.25, 0.3) is 0 Å². The Morgan fingerprint density at radius 2 is 2.05 bits per heavy atom. The maximum Gasteiger partial charge on any atom is 0.193 e. The Balaban J connectivity index is 0.00000361. The molecule has 0 aromatic heterocycles. The fourth-order valence-electron chi connectivity index (χ4n) is 1.86. The highest BCUT2D eigenvalue weighted by molar-refractivity contribution is 14.0. The average Bonchev–Trinajstić information content (AvgIpc) is 3.22. The van der Waals surface area contributed by atoms with Gasteiger partial charge in [-0.05, 0) is 38.5 Å². The molecule has 0 aromatic carbocycles. The highest BCUT2D eigenvalue weighted by Gasteiger charge is 2.20. The van der Waals surface area contributed by atoms with Crippen molar-refractivity contribution in [3.05, 3.63) is 0 Å². The van der Waals surface area contributed by atoms with Crippen molar-refractivity contribution in [3.63, 3.8) is 0 Å². The van der Waals surface area contributed by atoms with Crippen LogP contribution in [0.15, 0.2) is 4.99 Å². The number of hydrogen-bond donors (Lipinski definition) is 1. The zero-order valence-electron chi connectivity index (χ0n) is 13.4. The molecule has 1 N–H and O–H groups in total. The molecule has 0 radical (unpaired) electrons. The van der Waals surface area contributed by atoms with Gasteiger partial charge in [0, 0.05) is 39.9 Å². The van der Waals surface area contributed by atoms with Crippen molar-refractivity contribution in [2.24, 2.45) is 10.9 Å². The molecular weight excluding hydrogens is 365 g/mol. The standard InChI is InChI=1S/C15H31N3O.HI/c1-4-6-11-18(3)15(16-5-2)17-10-7-12-19-13-14-8-9-14;/h14H,4-13H2,1-3H3,(H,16,17);1H. The van der Waals surface area contributed by atoms with Crippen molar-refractivity contribution >= 4 is 29.9 Å². The number of rotatable bonds is 10. The minimum absolute atomic E-state index is 0. The van der Waals surface area contributed by atoms with Gasteiger partial charge >= 0.3 is 0 Å². The Kier molecular flexibility index (Phi) is 12.7. The van der Waals surface area contributed by atoms with Crippen LogP contribution in [0, 0.1) is 5.92 Å². The lowest BCUT2D eigenvalue weighted by Crippen LogP contribution is -2.39. The van der Waals surface area contributed by atoms with E-state index < -0.39 is 0 Å². The van der Waals surface area contributed by atoms with Crippen LogP contribution in [0.4, 0.5) is 0 Å². The molecule has 1 aliphatic carbocycles. The van der Waals surface area contributed by atoms with E-state index >= 15 is 0 Å². The molecule has 120 valence electrons. The summed E-state index contributed by atoms with van der Waals surface area (Å²) in [6.45, 7) is 8.98. The molecule has 4 nitrogen and oxygen atoms in total. The second kappa shape index (κ2) is 12.7. The first-order chi connectivity index (χ1) is 9.27. The van der Waals surface area contributed by atoms with Gasteiger partial charge in [0.15, 0.2) is 5.96 Å². The molecular formula is C15H32IN3O. The Labute approximate surface area is 141 Å². The van der Waals surface area contributed by atoms with Gasteiger partial charge in [0.1, 0.15) is 0 Å². The number of unbranched alkanes of at least 4 members (excludes halogenated alkanes) is 1. The summed E-state index contributed by atoms with van der Waals surface area (Å²) in [5.41, 5.74) is 0. The van der Waals surface area contributed by atoms with Gasteiger partial charge in [-0.1, -0.05) is 13.3 Å². The second-order valence-corrected chi connectivity index (χ2v) is 5.38. The van der Waals surface area contributed by atoms with Gasteiger partial charge in [0.2, 0.25) is 0 Å². The number of ether oxygens (including phenoxy) is 1.